The van der Waals surface area contributed by atoms with Crippen molar-refractivity contribution in [3.05, 3.63) is 18.6 Å². The van der Waals surface area contributed by atoms with Crippen molar-refractivity contribution in [3.8, 4) is 0 Å². The van der Waals surface area contributed by atoms with Gasteiger partial charge in [-0.1, -0.05) is 0 Å². The smallest absolute Gasteiger partial charge is 0.194 e. The predicted octanol–water partition coefficient (Wildman–Crippen LogP) is 0.662. The van der Waals surface area contributed by atoms with E-state index in [-0.39, 0.29) is 0 Å². The van der Waals surface area contributed by atoms with Crippen LogP contribution < -0.4 is 5.73 Å². The highest BCUT2D eigenvalue weighted by atomic mass is 16.3. The molecule has 0 spiro atoms. The maximum atomic E-state index is 5.13. The molecule has 1 radical (unpaired) electrons. The van der Waals surface area contributed by atoms with Crippen molar-refractivity contribution in [3.63, 3.8) is 0 Å². The minimum Gasteiger partial charge on any atom is -0.459 e. The van der Waals surface area contributed by atoms with Gasteiger partial charge in [0.05, 0.1) is 12.0 Å². The summed E-state index contributed by atoms with van der Waals surface area (Å²) in [4.78, 5) is 0. The standard InChI is InChI=1S/C4H4NO/c5-4-1-2-6-3-4/h1-2H,5H2. The van der Waals surface area contributed by atoms with Gasteiger partial charge in [0.15, 0.2) is 6.26 Å². The second-order valence-electron chi connectivity index (χ2n) is 0.978. The van der Waals surface area contributed by atoms with E-state index in [1.54, 1.807) is 6.07 Å². The van der Waals surface area contributed by atoms with Crippen LogP contribution in [0.2, 0.25) is 0 Å². The van der Waals surface area contributed by atoms with Gasteiger partial charge in [0.2, 0.25) is 0 Å². The maximum Gasteiger partial charge on any atom is 0.194 e. The number of hydrogen-bond donors (Lipinski definition) is 1. The van der Waals surface area contributed by atoms with Crippen molar-refractivity contribution in [2.24, 2.45) is 0 Å². The first kappa shape index (κ1) is 3.28. The lowest BCUT2D eigenvalue weighted by Gasteiger charge is -1.65. The average Bonchev–Trinajstić information content (AvgIpc) is 1.86. The second kappa shape index (κ2) is 1.05. The molecule has 0 aromatic carbocycles. The Bertz CT molecular complexity index is 111. The number of anilines is 1. The summed E-state index contributed by atoms with van der Waals surface area (Å²) in [7, 11) is 0. The minimum atomic E-state index is 0.551. The van der Waals surface area contributed by atoms with Gasteiger partial charge in [0.1, 0.15) is 0 Å². The Kier molecular flexibility index (Phi) is 0.572. The summed E-state index contributed by atoms with van der Waals surface area (Å²) >= 11 is 0. The van der Waals surface area contributed by atoms with Crippen LogP contribution in [0.15, 0.2) is 16.7 Å². The number of nitrogen functional groups attached to an aromatic ring is 1. The van der Waals surface area contributed by atoms with Crippen molar-refractivity contribution >= 4 is 5.69 Å². The second-order valence-corrected chi connectivity index (χ2v) is 0.978. The molecular weight excluding hydrogens is 78.0 g/mol. The summed E-state index contributed by atoms with van der Waals surface area (Å²) in [6.07, 6.45) is 3.88. The molecule has 0 saturated heterocycles. The van der Waals surface area contributed by atoms with Gasteiger partial charge in [-0.05, 0) is 0 Å². The molecule has 0 bridgehead atoms. The monoisotopic (exact) mass is 82.0 g/mol. The molecule has 1 aromatic rings. The fourth-order valence-corrected chi connectivity index (χ4v) is 0.243. The Morgan fingerprint density at radius 3 is 2.83 bits per heavy atom. The van der Waals surface area contributed by atoms with Gasteiger partial charge in [0, 0.05) is 6.07 Å². The highest BCUT2D eigenvalue weighted by Crippen LogP contribution is 1.96. The zero-order valence-corrected chi connectivity index (χ0v) is 3.14. The average molecular weight is 82.1 g/mol. The number of furan rings is 1. The lowest BCUT2D eigenvalue weighted by molar-refractivity contribution is 0.559. The molecule has 1 aromatic heterocycles. The topological polar surface area (TPSA) is 39.2 Å². The van der Waals surface area contributed by atoms with E-state index in [0.717, 1.165) is 0 Å². The van der Waals surface area contributed by atoms with Crippen LogP contribution in [-0.2, 0) is 0 Å². The van der Waals surface area contributed by atoms with E-state index < -0.39 is 0 Å². The molecule has 0 amide bonds. The van der Waals surface area contributed by atoms with Crippen LogP contribution in [0.1, 0.15) is 0 Å². The molecule has 0 saturated carbocycles. The Labute approximate surface area is 35.6 Å². The normalized spacial score (nSPS) is 8.67. The van der Waals surface area contributed by atoms with Gasteiger partial charge in [-0.15, -0.1) is 0 Å². The van der Waals surface area contributed by atoms with Crippen molar-refractivity contribution in [1.29, 1.82) is 0 Å². The molecule has 0 aliphatic heterocycles. The Morgan fingerprint density at radius 1 is 1.83 bits per heavy atom. The zero-order valence-electron chi connectivity index (χ0n) is 3.14. The van der Waals surface area contributed by atoms with E-state index in [4.69, 9.17) is 5.73 Å². The van der Waals surface area contributed by atoms with Crippen LogP contribution in [0, 0.1) is 6.26 Å². The van der Waals surface area contributed by atoms with Crippen molar-refractivity contribution < 1.29 is 4.42 Å². The van der Waals surface area contributed by atoms with Crippen LogP contribution >= 0.6 is 0 Å². The number of nitrogens with two attached hydrogens (primary N) is 1. The molecule has 31 valence electrons. The first-order chi connectivity index (χ1) is 2.89. The van der Waals surface area contributed by atoms with E-state index in [1.165, 1.54) is 6.26 Å². The van der Waals surface area contributed by atoms with Crippen LogP contribution in [0.25, 0.3) is 0 Å². The summed E-state index contributed by atoms with van der Waals surface area (Å²) in [6.45, 7) is 0. The molecule has 1 heterocycles. The molecule has 2 heteroatoms. The van der Waals surface area contributed by atoms with Gasteiger partial charge in [-0.3, -0.25) is 0 Å². The minimum absolute atomic E-state index is 0.551. The fourth-order valence-electron chi connectivity index (χ4n) is 0.243. The third-order valence-electron chi connectivity index (χ3n) is 0.492. The molecule has 2 N–H and O–H groups in total. The van der Waals surface area contributed by atoms with Crippen molar-refractivity contribution in [1.82, 2.24) is 0 Å². The Balaban J connectivity index is 3.05. The van der Waals surface area contributed by atoms with E-state index in [1.807, 2.05) is 0 Å². The van der Waals surface area contributed by atoms with Gasteiger partial charge >= 0.3 is 0 Å². The van der Waals surface area contributed by atoms with Crippen molar-refractivity contribution in [2.45, 2.75) is 0 Å². The quantitative estimate of drug-likeness (QED) is 0.499. The van der Waals surface area contributed by atoms with Gasteiger partial charge in [-0.2, -0.15) is 0 Å². The molecular formula is C4H4NO. The highest BCUT2D eigenvalue weighted by Gasteiger charge is 1.78. The van der Waals surface area contributed by atoms with Gasteiger partial charge in [0.25, 0.3) is 0 Å². The predicted molar refractivity (Wildman–Crippen MR) is 22.0 cm³/mol. The largest absolute Gasteiger partial charge is 0.459 e. The van der Waals surface area contributed by atoms with E-state index in [0.29, 0.717) is 5.69 Å². The summed E-state index contributed by atoms with van der Waals surface area (Å²) in [5, 5.41) is 0. The van der Waals surface area contributed by atoms with Gasteiger partial charge in [-0.25, -0.2) is 0 Å². The number of rotatable bonds is 0. The van der Waals surface area contributed by atoms with E-state index in [9.17, 15) is 0 Å². The van der Waals surface area contributed by atoms with Crippen LogP contribution in [-0.4, -0.2) is 0 Å². The Hall–Kier alpha value is -0.920. The van der Waals surface area contributed by atoms with Crippen LogP contribution in [0.4, 0.5) is 5.69 Å². The molecule has 0 aliphatic carbocycles. The first-order valence-electron chi connectivity index (χ1n) is 1.60. The fraction of sp³-hybridized carbons (Fsp3) is 0. The Morgan fingerprint density at radius 2 is 2.67 bits per heavy atom. The summed E-state index contributed by atoms with van der Waals surface area (Å²) in [5.74, 6) is 0. The zero-order chi connectivity index (χ0) is 4.41. The lowest BCUT2D eigenvalue weighted by atomic mass is 10.6. The van der Waals surface area contributed by atoms with E-state index in [2.05, 4.69) is 10.7 Å². The third-order valence-corrected chi connectivity index (χ3v) is 0.492. The molecule has 0 unspecified atom stereocenters. The first-order valence-corrected chi connectivity index (χ1v) is 1.60. The van der Waals surface area contributed by atoms with Crippen molar-refractivity contribution in [2.75, 3.05) is 5.73 Å². The molecule has 0 atom stereocenters. The molecule has 0 aliphatic rings. The molecule has 0 fully saturated rings. The van der Waals surface area contributed by atoms with Crippen LogP contribution in [0.3, 0.4) is 0 Å². The lowest BCUT2D eigenvalue weighted by Crippen LogP contribution is -1.75. The summed E-state index contributed by atoms with van der Waals surface area (Å²) in [5.41, 5.74) is 5.68. The summed E-state index contributed by atoms with van der Waals surface area (Å²) < 4.78 is 4.46. The summed E-state index contributed by atoms with van der Waals surface area (Å²) in [6, 6.07) is 1.64. The highest BCUT2D eigenvalue weighted by molar-refractivity contribution is 5.29. The van der Waals surface area contributed by atoms with Crippen LogP contribution in [0.5, 0.6) is 0 Å². The maximum absolute atomic E-state index is 5.13. The van der Waals surface area contributed by atoms with E-state index >= 15 is 0 Å². The molecule has 6 heavy (non-hydrogen) atoms. The molecule has 1 rings (SSSR count). The third kappa shape index (κ3) is 0.360. The SMILES string of the molecule is Nc1[c]occ1. The van der Waals surface area contributed by atoms with Gasteiger partial charge < -0.3 is 10.2 Å². The molecule has 2 nitrogen and oxygen atoms in total. The number of hydrogen-bond acceptors (Lipinski definition) is 2.